The van der Waals surface area contributed by atoms with Crippen LogP contribution in [-0.4, -0.2) is 30.1 Å². The molecule has 0 aromatic heterocycles. The van der Waals surface area contributed by atoms with E-state index >= 15 is 0 Å². The lowest BCUT2D eigenvalue weighted by molar-refractivity contribution is 0.0640. The predicted octanol–water partition coefficient (Wildman–Crippen LogP) is 3.51. The van der Waals surface area contributed by atoms with Crippen molar-refractivity contribution in [3.05, 3.63) is 0 Å². The first-order valence-electron chi connectivity index (χ1n) is 7.66. The molecule has 108 valence electrons. The largest absolute Gasteiger partial charge is 0.329 e. The van der Waals surface area contributed by atoms with Crippen LogP contribution in [0, 0.1) is 17.3 Å². The Bertz CT molecular complexity index is 248. The molecule has 1 atom stereocenters. The summed E-state index contributed by atoms with van der Waals surface area (Å²) in [5.74, 6) is 1.44. The number of hydrogen-bond acceptors (Lipinski definition) is 2. The molecule has 1 saturated carbocycles. The van der Waals surface area contributed by atoms with Gasteiger partial charge in [-0.3, -0.25) is 4.90 Å². The summed E-state index contributed by atoms with van der Waals surface area (Å²) in [5.41, 5.74) is 6.93. The number of rotatable bonds is 6. The van der Waals surface area contributed by atoms with Crippen LogP contribution in [0.4, 0.5) is 0 Å². The van der Waals surface area contributed by atoms with Crippen LogP contribution in [0.3, 0.4) is 0 Å². The molecule has 0 radical (unpaired) electrons. The standard InChI is InChI=1S/C16H34N2/c1-13(2)9-18(10-14(3)4)16(12-17)8-7-15(5,6)11-16/h13-14H,7-12,17H2,1-6H3. The van der Waals surface area contributed by atoms with E-state index in [1.165, 1.54) is 32.4 Å². The van der Waals surface area contributed by atoms with Gasteiger partial charge >= 0.3 is 0 Å². The molecule has 0 aliphatic heterocycles. The second kappa shape index (κ2) is 5.92. The molecule has 1 aliphatic rings. The summed E-state index contributed by atoms with van der Waals surface area (Å²) < 4.78 is 0. The van der Waals surface area contributed by atoms with Crippen LogP contribution in [0.1, 0.15) is 60.8 Å². The molecule has 0 bridgehead atoms. The Morgan fingerprint density at radius 3 is 1.78 bits per heavy atom. The third-order valence-electron chi connectivity index (χ3n) is 4.30. The van der Waals surface area contributed by atoms with Gasteiger partial charge in [-0.15, -0.1) is 0 Å². The fourth-order valence-corrected chi connectivity index (χ4v) is 3.56. The summed E-state index contributed by atoms with van der Waals surface area (Å²) in [6.07, 6.45) is 3.85. The Hall–Kier alpha value is -0.0800. The first kappa shape index (κ1) is 16.0. The first-order valence-corrected chi connectivity index (χ1v) is 7.66. The molecule has 0 aromatic carbocycles. The van der Waals surface area contributed by atoms with E-state index < -0.39 is 0 Å². The van der Waals surface area contributed by atoms with Crippen molar-refractivity contribution >= 4 is 0 Å². The van der Waals surface area contributed by atoms with E-state index in [1.54, 1.807) is 0 Å². The molecule has 2 nitrogen and oxygen atoms in total. The minimum absolute atomic E-state index is 0.262. The monoisotopic (exact) mass is 254 g/mol. The van der Waals surface area contributed by atoms with Crippen LogP contribution < -0.4 is 5.73 Å². The highest BCUT2D eigenvalue weighted by Crippen LogP contribution is 2.46. The molecular weight excluding hydrogens is 220 g/mol. The van der Waals surface area contributed by atoms with E-state index in [0.717, 1.165) is 18.4 Å². The van der Waals surface area contributed by atoms with Crippen molar-refractivity contribution in [1.29, 1.82) is 0 Å². The van der Waals surface area contributed by atoms with Gasteiger partial charge in [0.25, 0.3) is 0 Å². The van der Waals surface area contributed by atoms with Gasteiger partial charge in [0.2, 0.25) is 0 Å². The van der Waals surface area contributed by atoms with E-state index in [4.69, 9.17) is 5.73 Å². The summed E-state index contributed by atoms with van der Waals surface area (Å²) in [6, 6.07) is 0. The van der Waals surface area contributed by atoms with Gasteiger partial charge in [0.1, 0.15) is 0 Å². The van der Waals surface area contributed by atoms with Crippen LogP contribution in [0.25, 0.3) is 0 Å². The normalized spacial score (nSPS) is 27.7. The average Bonchev–Trinajstić information content (AvgIpc) is 2.53. The summed E-state index contributed by atoms with van der Waals surface area (Å²) in [4.78, 5) is 2.71. The Balaban J connectivity index is 2.86. The van der Waals surface area contributed by atoms with E-state index in [0.29, 0.717) is 5.41 Å². The van der Waals surface area contributed by atoms with Crippen LogP contribution in [0.5, 0.6) is 0 Å². The summed E-state index contributed by atoms with van der Waals surface area (Å²) in [6.45, 7) is 17.2. The van der Waals surface area contributed by atoms with Gasteiger partial charge in [-0.1, -0.05) is 41.5 Å². The lowest BCUT2D eigenvalue weighted by atomic mass is 9.86. The Labute approximate surface area is 114 Å². The minimum atomic E-state index is 0.262. The predicted molar refractivity (Wildman–Crippen MR) is 80.7 cm³/mol. The van der Waals surface area contributed by atoms with E-state index in [9.17, 15) is 0 Å². The van der Waals surface area contributed by atoms with Crippen LogP contribution >= 0.6 is 0 Å². The summed E-state index contributed by atoms with van der Waals surface area (Å²) in [5, 5.41) is 0. The molecule has 2 N–H and O–H groups in total. The van der Waals surface area contributed by atoms with Crippen LogP contribution in [0.2, 0.25) is 0 Å². The van der Waals surface area contributed by atoms with E-state index in [1.807, 2.05) is 0 Å². The second-order valence-electron chi connectivity index (χ2n) is 7.96. The number of hydrogen-bond donors (Lipinski definition) is 1. The van der Waals surface area contributed by atoms with Crippen molar-refractivity contribution in [1.82, 2.24) is 4.90 Å². The zero-order chi connectivity index (χ0) is 14.0. The van der Waals surface area contributed by atoms with Gasteiger partial charge < -0.3 is 5.73 Å². The molecule has 2 heteroatoms. The maximum atomic E-state index is 6.20. The van der Waals surface area contributed by atoms with Gasteiger partial charge in [-0.25, -0.2) is 0 Å². The Morgan fingerprint density at radius 1 is 1.00 bits per heavy atom. The van der Waals surface area contributed by atoms with Crippen molar-refractivity contribution in [3.63, 3.8) is 0 Å². The SMILES string of the molecule is CC(C)CN(CC(C)C)C1(CN)CCC(C)(C)C1. The zero-order valence-electron chi connectivity index (χ0n) is 13.4. The van der Waals surface area contributed by atoms with Gasteiger partial charge in [0.15, 0.2) is 0 Å². The maximum absolute atomic E-state index is 6.20. The molecule has 0 saturated heterocycles. The van der Waals surface area contributed by atoms with Crippen molar-refractivity contribution in [3.8, 4) is 0 Å². The van der Waals surface area contributed by atoms with E-state index in [2.05, 4.69) is 46.4 Å². The van der Waals surface area contributed by atoms with Gasteiger partial charge in [0.05, 0.1) is 0 Å². The van der Waals surface area contributed by atoms with E-state index in [-0.39, 0.29) is 5.54 Å². The first-order chi connectivity index (χ1) is 8.21. The van der Waals surface area contributed by atoms with Crippen molar-refractivity contribution in [2.75, 3.05) is 19.6 Å². The zero-order valence-corrected chi connectivity index (χ0v) is 13.4. The molecule has 0 spiro atoms. The quantitative estimate of drug-likeness (QED) is 0.786. The molecular formula is C16H34N2. The van der Waals surface area contributed by atoms with Gasteiger partial charge in [-0.05, 0) is 36.5 Å². The average molecular weight is 254 g/mol. The Kier molecular flexibility index (Phi) is 5.25. The van der Waals surface area contributed by atoms with Gasteiger partial charge in [0, 0.05) is 25.2 Å². The Morgan fingerprint density at radius 2 is 1.50 bits per heavy atom. The lowest BCUT2D eigenvalue weighted by Crippen LogP contribution is -2.55. The fourth-order valence-electron chi connectivity index (χ4n) is 3.56. The van der Waals surface area contributed by atoms with Gasteiger partial charge in [-0.2, -0.15) is 0 Å². The molecule has 0 aromatic rings. The highest BCUT2D eigenvalue weighted by atomic mass is 15.2. The second-order valence-corrected chi connectivity index (χ2v) is 7.96. The maximum Gasteiger partial charge on any atom is 0.0337 e. The van der Waals surface area contributed by atoms with Crippen molar-refractivity contribution in [2.45, 2.75) is 66.3 Å². The molecule has 0 heterocycles. The molecule has 1 aliphatic carbocycles. The minimum Gasteiger partial charge on any atom is -0.329 e. The third-order valence-corrected chi connectivity index (χ3v) is 4.30. The molecule has 18 heavy (non-hydrogen) atoms. The van der Waals surface area contributed by atoms with Crippen molar-refractivity contribution in [2.24, 2.45) is 23.0 Å². The summed E-state index contributed by atoms with van der Waals surface area (Å²) in [7, 11) is 0. The highest BCUT2D eigenvalue weighted by Gasteiger charge is 2.46. The number of nitrogens with zero attached hydrogens (tertiary/aromatic N) is 1. The molecule has 1 unspecified atom stereocenters. The molecule has 0 amide bonds. The van der Waals surface area contributed by atoms with Crippen LogP contribution in [0.15, 0.2) is 0 Å². The smallest absolute Gasteiger partial charge is 0.0337 e. The molecule has 1 fully saturated rings. The topological polar surface area (TPSA) is 29.3 Å². The third kappa shape index (κ3) is 3.96. The molecule has 1 rings (SSSR count). The van der Waals surface area contributed by atoms with Crippen LogP contribution in [-0.2, 0) is 0 Å². The highest BCUT2D eigenvalue weighted by molar-refractivity contribution is 5.02. The summed E-state index contributed by atoms with van der Waals surface area (Å²) >= 11 is 0. The van der Waals surface area contributed by atoms with Crippen molar-refractivity contribution < 1.29 is 0 Å². The fraction of sp³-hybridized carbons (Fsp3) is 1.00. The number of nitrogens with two attached hydrogens (primary N) is 1. The lowest BCUT2D eigenvalue weighted by Gasteiger charge is -2.43.